The molecule has 4 rings (SSSR count). The number of benzene rings is 1. The summed E-state index contributed by atoms with van der Waals surface area (Å²) in [7, 11) is 0. The maximum atomic E-state index is 11.9. The standard InChI is InChI=1S/C17H21N5O/c23-17(19-13-5-6-13)12-21-7-9-22(10-8-21)16-11-18-14-3-1-2-4-15(14)20-16/h1-4,11,13H,5-10,12H2,(H,19,23). The van der Waals surface area contributed by atoms with E-state index in [9.17, 15) is 4.79 Å². The number of hydrogen-bond donors (Lipinski definition) is 1. The van der Waals surface area contributed by atoms with Crippen LogP contribution in [0, 0.1) is 0 Å². The fourth-order valence-electron chi connectivity index (χ4n) is 2.94. The minimum atomic E-state index is 0.159. The van der Waals surface area contributed by atoms with Gasteiger partial charge in [-0.15, -0.1) is 0 Å². The molecule has 1 aromatic carbocycles. The number of aromatic nitrogens is 2. The molecule has 23 heavy (non-hydrogen) atoms. The molecular formula is C17H21N5O. The van der Waals surface area contributed by atoms with E-state index in [1.54, 1.807) is 0 Å². The van der Waals surface area contributed by atoms with E-state index < -0.39 is 0 Å². The van der Waals surface area contributed by atoms with Gasteiger partial charge < -0.3 is 10.2 Å². The van der Waals surface area contributed by atoms with E-state index >= 15 is 0 Å². The van der Waals surface area contributed by atoms with Gasteiger partial charge in [0.1, 0.15) is 5.82 Å². The zero-order chi connectivity index (χ0) is 15.6. The first kappa shape index (κ1) is 14.4. The first-order chi connectivity index (χ1) is 11.3. The van der Waals surface area contributed by atoms with Crippen LogP contribution in [0.1, 0.15) is 12.8 Å². The fraction of sp³-hybridized carbons (Fsp3) is 0.471. The zero-order valence-electron chi connectivity index (χ0n) is 13.1. The minimum Gasteiger partial charge on any atom is -0.353 e. The van der Waals surface area contributed by atoms with Crippen molar-refractivity contribution in [3.63, 3.8) is 0 Å². The number of anilines is 1. The summed E-state index contributed by atoms with van der Waals surface area (Å²) in [4.78, 5) is 25.5. The van der Waals surface area contributed by atoms with Gasteiger partial charge in [-0.25, -0.2) is 4.98 Å². The molecule has 2 fully saturated rings. The molecule has 1 saturated carbocycles. The lowest BCUT2D eigenvalue weighted by molar-refractivity contribution is -0.122. The second kappa shape index (κ2) is 6.12. The van der Waals surface area contributed by atoms with E-state index in [1.165, 1.54) is 0 Å². The third-order valence-corrected chi connectivity index (χ3v) is 4.44. The number of piperazine rings is 1. The second-order valence-electron chi connectivity index (χ2n) is 6.32. The summed E-state index contributed by atoms with van der Waals surface area (Å²) in [6.07, 6.45) is 4.12. The number of fused-ring (bicyclic) bond motifs is 1. The molecule has 0 bridgehead atoms. The topological polar surface area (TPSA) is 61.4 Å². The summed E-state index contributed by atoms with van der Waals surface area (Å²) < 4.78 is 0. The Morgan fingerprint density at radius 3 is 2.61 bits per heavy atom. The number of para-hydroxylation sites is 2. The van der Waals surface area contributed by atoms with Crippen LogP contribution in [-0.2, 0) is 4.79 Å². The predicted molar refractivity (Wildman–Crippen MR) is 89.4 cm³/mol. The number of carbonyl (C=O) groups is 1. The van der Waals surface area contributed by atoms with Crippen LogP contribution in [0.4, 0.5) is 5.82 Å². The highest BCUT2D eigenvalue weighted by Gasteiger charge is 2.25. The summed E-state index contributed by atoms with van der Waals surface area (Å²) in [5.74, 6) is 1.08. The average Bonchev–Trinajstić information content (AvgIpc) is 3.39. The highest BCUT2D eigenvalue weighted by Crippen LogP contribution is 2.19. The first-order valence-electron chi connectivity index (χ1n) is 8.26. The Labute approximate surface area is 135 Å². The molecule has 1 amide bonds. The van der Waals surface area contributed by atoms with Gasteiger partial charge in [-0.1, -0.05) is 12.1 Å². The van der Waals surface area contributed by atoms with Crippen molar-refractivity contribution in [2.75, 3.05) is 37.6 Å². The van der Waals surface area contributed by atoms with Gasteiger partial charge in [0.05, 0.1) is 23.8 Å². The summed E-state index contributed by atoms with van der Waals surface area (Å²) in [5, 5.41) is 3.05. The molecule has 2 aromatic rings. The number of rotatable bonds is 4. The Morgan fingerprint density at radius 2 is 1.87 bits per heavy atom. The van der Waals surface area contributed by atoms with Crippen LogP contribution in [0.25, 0.3) is 11.0 Å². The van der Waals surface area contributed by atoms with Gasteiger partial charge in [-0.05, 0) is 25.0 Å². The van der Waals surface area contributed by atoms with Crippen molar-refractivity contribution in [3.05, 3.63) is 30.5 Å². The number of amides is 1. The molecule has 0 radical (unpaired) electrons. The van der Waals surface area contributed by atoms with Crippen LogP contribution < -0.4 is 10.2 Å². The average molecular weight is 311 g/mol. The second-order valence-corrected chi connectivity index (χ2v) is 6.32. The summed E-state index contributed by atoms with van der Waals surface area (Å²) in [6, 6.07) is 8.36. The van der Waals surface area contributed by atoms with E-state index in [-0.39, 0.29) is 5.91 Å². The van der Waals surface area contributed by atoms with E-state index in [2.05, 4.69) is 20.1 Å². The van der Waals surface area contributed by atoms with Gasteiger partial charge in [0, 0.05) is 32.2 Å². The molecule has 0 spiro atoms. The van der Waals surface area contributed by atoms with Gasteiger partial charge in [0.25, 0.3) is 0 Å². The van der Waals surface area contributed by atoms with Crippen LogP contribution >= 0.6 is 0 Å². The van der Waals surface area contributed by atoms with Crippen molar-refractivity contribution in [2.45, 2.75) is 18.9 Å². The lowest BCUT2D eigenvalue weighted by Gasteiger charge is -2.34. The molecule has 2 aliphatic rings. The van der Waals surface area contributed by atoms with Crippen molar-refractivity contribution in [1.29, 1.82) is 0 Å². The Kier molecular flexibility index (Phi) is 3.83. The Balaban J connectivity index is 1.35. The monoisotopic (exact) mass is 311 g/mol. The molecule has 0 unspecified atom stereocenters. The lowest BCUT2D eigenvalue weighted by atomic mass is 10.3. The van der Waals surface area contributed by atoms with Gasteiger partial charge >= 0.3 is 0 Å². The number of hydrogen-bond acceptors (Lipinski definition) is 5. The normalized spacial score (nSPS) is 19.0. The molecule has 0 atom stereocenters. The quantitative estimate of drug-likeness (QED) is 0.914. The van der Waals surface area contributed by atoms with Crippen molar-refractivity contribution >= 4 is 22.8 Å². The van der Waals surface area contributed by atoms with Crippen molar-refractivity contribution in [3.8, 4) is 0 Å². The lowest BCUT2D eigenvalue weighted by Crippen LogP contribution is -2.50. The largest absolute Gasteiger partial charge is 0.353 e. The van der Waals surface area contributed by atoms with E-state index in [1.807, 2.05) is 30.5 Å². The van der Waals surface area contributed by atoms with E-state index in [0.717, 1.165) is 55.9 Å². The Morgan fingerprint density at radius 1 is 1.13 bits per heavy atom. The zero-order valence-corrected chi connectivity index (χ0v) is 13.1. The molecule has 2 heterocycles. The highest BCUT2D eigenvalue weighted by atomic mass is 16.2. The fourth-order valence-corrected chi connectivity index (χ4v) is 2.94. The molecule has 1 N–H and O–H groups in total. The first-order valence-corrected chi connectivity index (χ1v) is 8.26. The van der Waals surface area contributed by atoms with Crippen molar-refractivity contribution < 1.29 is 4.79 Å². The highest BCUT2D eigenvalue weighted by molar-refractivity contribution is 5.78. The molecule has 120 valence electrons. The van der Waals surface area contributed by atoms with Crippen LogP contribution in [0.15, 0.2) is 30.5 Å². The molecule has 1 aromatic heterocycles. The summed E-state index contributed by atoms with van der Waals surface area (Å²) in [6.45, 7) is 4.03. The molecule has 6 heteroatoms. The van der Waals surface area contributed by atoms with Crippen LogP contribution in [-0.4, -0.2) is 59.5 Å². The van der Waals surface area contributed by atoms with Crippen LogP contribution in [0.5, 0.6) is 0 Å². The Bertz CT molecular complexity index is 707. The van der Waals surface area contributed by atoms with Crippen LogP contribution in [0.3, 0.4) is 0 Å². The van der Waals surface area contributed by atoms with Crippen molar-refractivity contribution in [1.82, 2.24) is 20.2 Å². The van der Waals surface area contributed by atoms with Crippen LogP contribution in [0.2, 0.25) is 0 Å². The van der Waals surface area contributed by atoms with Gasteiger partial charge in [-0.3, -0.25) is 14.7 Å². The summed E-state index contributed by atoms with van der Waals surface area (Å²) >= 11 is 0. The van der Waals surface area contributed by atoms with Gasteiger partial charge in [0.2, 0.25) is 5.91 Å². The molecular weight excluding hydrogens is 290 g/mol. The van der Waals surface area contributed by atoms with E-state index in [0.29, 0.717) is 12.6 Å². The number of nitrogens with one attached hydrogen (secondary N) is 1. The number of nitrogens with zero attached hydrogens (tertiary/aromatic N) is 4. The molecule has 1 aliphatic heterocycles. The van der Waals surface area contributed by atoms with Gasteiger partial charge in [-0.2, -0.15) is 0 Å². The van der Waals surface area contributed by atoms with Gasteiger partial charge in [0.15, 0.2) is 0 Å². The van der Waals surface area contributed by atoms with Crippen molar-refractivity contribution in [2.24, 2.45) is 0 Å². The minimum absolute atomic E-state index is 0.159. The summed E-state index contributed by atoms with van der Waals surface area (Å²) in [5.41, 5.74) is 1.85. The maximum Gasteiger partial charge on any atom is 0.234 e. The SMILES string of the molecule is O=C(CN1CCN(c2cnc3ccccc3n2)CC1)NC1CC1. The molecule has 1 aliphatic carbocycles. The molecule has 6 nitrogen and oxygen atoms in total. The number of carbonyl (C=O) groups excluding carboxylic acids is 1. The predicted octanol–water partition coefficient (Wildman–Crippen LogP) is 1.03. The Hall–Kier alpha value is -2.21. The third-order valence-electron chi connectivity index (χ3n) is 4.44. The third kappa shape index (κ3) is 3.42. The smallest absolute Gasteiger partial charge is 0.234 e. The molecule has 1 saturated heterocycles. The van der Waals surface area contributed by atoms with E-state index in [4.69, 9.17) is 4.98 Å². The maximum absolute atomic E-state index is 11.9.